The number of hydrogen-bond donors (Lipinski definition) is 0. The largest absolute Gasteiger partial charge is 0.493 e. The molecular formula is C13H17N3O. The first kappa shape index (κ1) is 11.8. The van der Waals surface area contributed by atoms with Crippen LogP contribution < -0.4 is 4.74 Å². The van der Waals surface area contributed by atoms with E-state index in [4.69, 9.17) is 10.3 Å². The van der Waals surface area contributed by atoms with Crippen molar-refractivity contribution in [3.8, 4) is 5.75 Å². The van der Waals surface area contributed by atoms with Crippen molar-refractivity contribution in [1.82, 2.24) is 0 Å². The summed E-state index contributed by atoms with van der Waals surface area (Å²) in [5.74, 6) is 1.91. The van der Waals surface area contributed by atoms with Crippen molar-refractivity contribution in [2.45, 2.75) is 25.7 Å². The van der Waals surface area contributed by atoms with Crippen LogP contribution in [0.25, 0.3) is 10.4 Å². The van der Waals surface area contributed by atoms with Crippen molar-refractivity contribution in [2.24, 2.45) is 11.0 Å². The Balaban J connectivity index is 1.96. The third-order valence-electron chi connectivity index (χ3n) is 3.03. The van der Waals surface area contributed by atoms with Gasteiger partial charge in [-0.25, -0.2) is 0 Å². The molecule has 1 aromatic carbocycles. The van der Waals surface area contributed by atoms with Gasteiger partial charge in [0.2, 0.25) is 0 Å². The van der Waals surface area contributed by atoms with Gasteiger partial charge in [-0.05, 0) is 47.9 Å². The number of benzene rings is 1. The summed E-state index contributed by atoms with van der Waals surface area (Å²) in [5, 5.41) is 3.60. The molecule has 0 radical (unpaired) electrons. The molecule has 0 unspecified atom stereocenters. The van der Waals surface area contributed by atoms with Crippen LogP contribution in [0.1, 0.15) is 31.2 Å². The van der Waals surface area contributed by atoms with Gasteiger partial charge in [0.15, 0.2) is 0 Å². The minimum absolute atomic E-state index is 0.232. The van der Waals surface area contributed by atoms with Crippen LogP contribution in [0.3, 0.4) is 0 Å². The molecule has 0 aromatic heterocycles. The molecule has 17 heavy (non-hydrogen) atoms. The predicted octanol–water partition coefficient (Wildman–Crippen LogP) is 3.89. The summed E-state index contributed by atoms with van der Waals surface area (Å²) < 4.78 is 5.72. The van der Waals surface area contributed by atoms with E-state index in [-0.39, 0.29) is 5.92 Å². The van der Waals surface area contributed by atoms with Crippen LogP contribution >= 0.6 is 0 Å². The van der Waals surface area contributed by atoms with Crippen molar-refractivity contribution in [3.63, 3.8) is 0 Å². The van der Waals surface area contributed by atoms with E-state index in [1.807, 2.05) is 24.3 Å². The minimum atomic E-state index is 0.232. The summed E-state index contributed by atoms with van der Waals surface area (Å²) in [5.41, 5.74) is 9.46. The first-order valence-corrected chi connectivity index (χ1v) is 6.03. The molecule has 4 nitrogen and oxygen atoms in total. The van der Waals surface area contributed by atoms with Gasteiger partial charge in [-0.3, -0.25) is 0 Å². The van der Waals surface area contributed by atoms with Gasteiger partial charge >= 0.3 is 0 Å². The zero-order chi connectivity index (χ0) is 12.1. The van der Waals surface area contributed by atoms with Crippen LogP contribution in [0.2, 0.25) is 0 Å². The molecule has 90 valence electrons. The van der Waals surface area contributed by atoms with Gasteiger partial charge in [-0.15, -0.1) is 0 Å². The summed E-state index contributed by atoms with van der Waals surface area (Å²) in [6, 6.07) is 8.05. The van der Waals surface area contributed by atoms with Crippen LogP contribution in [0.15, 0.2) is 29.4 Å². The maximum absolute atomic E-state index is 8.30. The first-order valence-electron chi connectivity index (χ1n) is 6.03. The topological polar surface area (TPSA) is 58.0 Å². The van der Waals surface area contributed by atoms with Crippen molar-refractivity contribution in [1.29, 1.82) is 0 Å². The Kier molecular flexibility index (Phi) is 3.89. The highest BCUT2D eigenvalue weighted by Crippen LogP contribution is 2.30. The highest BCUT2D eigenvalue weighted by atomic mass is 16.5. The molecule has 1 aliphatic carbocycles. The molecule has 0 saturated heterocycles. The smallest absolute Gasteiger partial charge is 0.119 e. The molecule has 0 spiro atoms. The number of rotatable bonds is 6. The lowest BCUT2D eigenvalue weighted by molar-refractivity contribution is 0.299. The Morgan fingerprint density at radius 3 is 3.06 bits per heavy atom. The number of ether oxygens (including phenoxy) is 1. The van der Waals surface area contributed by atoms with Crippen molar-refractivity contribution in [3.05, 3.63) is 40.3 Å². The fourth-order valence-electron chi connectivity index (χ4n) is 1.67. The lowest BCUT2D eigenvalue weighted by atomic mass is 10.0. The molecule has 1 aliphatic rings. The molecule has 0 amide bonds. The monoisotopic (exact) mass is 231 g/mol. The zero-order valence-electron chi connectivity index (χ0n) is 10.0. The van der Waals surface area contributed by atoms with Gasteiger partial charge in [0.05, 0.1) is 6.61 Å². The third-order valence-corrected chi connectivity index (χ3v) is 3.03. The molecule has 0 heterocycles. The van der Waals surface area contributed by atoms with E-state index in [9.17, 15) is 0 Å². The van der Waals surface area contributed by atoms with Crippen LogP contribution in [-0.4, -0.2) is 13.2 Å². The van der Waals surface area contributed by atoms with Gasteiger partial charge in [0, 0.05) is 11.5 Å². The maximum Gasteiger partial charge on any atom is 0.119 e. The number of azide groups is 1. The Bertz CT molecular complexity index is 422. The average Bonchev–Trinajstić information content (AvgIpc) is 3.18. The maximum atomic E-state index is 8.30. The van der Waals surface area contributed by atoms with E-state index >= 15 is 0 Å². The highest BCUT2D eigenvalue weighted by Gasteiger charge is 2.21. The highest BCUT2D eigenvalue weighted by molar-refractivity contribution is 5.30. The summed E-state index contributed by atoms with van der Waals surface area (Å²) in [4.78, 5) is 2.79. The Hall–Kier alpha value is -1.67. The Morgan fingerprint density at radius 1 is 1.53 bits per heavy atom. The fraction of sp³-hybridized carbons (Fsp3) is 0.538. The number of nitrogens with zero attached hydrogens (tertiary/aromatic N) is 3. The third kappa shape index (κ3) is 3.68. The second-order valence-corrected chi connectivity index (χ2v) is 4.64. The van der Waals surface area contributed by atoms with Crippen LogP contribution in [-0.2, 0) is 0 Å². The normalized spacial score (nSPS) is 16.1. The van der Waals surface area contributed by atoms with Crippen molar-refractivity contribution < 1.29 is 4.74 Å². The SMILES string of the molecule is C[C@H](CN=[N+]=[N-])c1cccc(OCC2CC2)c1. The Labute approximate surface area is 101 Å². The molecule has 4 heteroatoms. The van der Waals surface area contributed by atoms with Crippen LogP contribution in [0, 0.1) is 5.92 Å². The van der Waals surface area contributed by atoms with E-state index < -0.39 is 0 Å². The number of hydrogen-bond acceptors (Lipinski definition) is 2. The summed E-state index contributed by atoms with van der Waals surface area (Å²) in [6.07, 6.45) is 2.60. The van der Waals surface area contributed by atoms with E-state index in [2.05, 4.69) is 16.9 Å². The predicted molar refractivity (Wildman–Crippen MR) is 67.1 cm³/mol. The summed E-state index contributed by atoms with van der Waals surface area (Å²) in [6.45, 7) is 3.37. The molecule has 1 atom stereocenters. The van der Waals surface area contributed by atoms with E-state index in [0.717, 1.165) is 23.8 Å². The van der Waals surface area contributed by atoms with Gasteiger partial charge < -0.3 is 4.74 Å². The lowest BCUT2D eigenvalue weighted by Gasteiger charge is -2.11. The van der Waals surface area contributed by atoms with Crippen molar-refractivity contribution >= 4 is 0 Å². The molecule has 1 fully saturated rings. The lowest BCUT2D eigenvalue weighted by Crippen LogP contribution is -2.01. The fourth-order valence-corrected chi connectivity index (χ4v) is 1.67. The first-order chi connectivity index (χ1) is 8.29. The molecule has 0 bridgehead atoms. The van der Waals surface area contributed by atoms with E-state index in [0.29, 0.717) is 6.54 Å². The van der Waals surface area contributed by atoms with Gasteiger partial charge in [-0.2, -0.15) is 0 Å². The van der Waals surface area contributed by atoms with Gasteiger partial charge in [-0.1, -0.05) is 24.2 Å². The average molecular weight is 231 g/mol. The molecule has 2 rings (SSSR count). The standard InChI is InChI=1S/C13H17N3O/c1-10(8-15-16-14)12-3-2-4-13(7-12)17-9-11-5-6-11/h2-4,7,10-11H,5-6,8-9H2,1H3/t10-/m1/s1. The van der Waals surface area contributed by atoms with Crippen molar-refractivity contribution in [2.75, 3.05) is 13.2 Å². The molecular weight excluding hydrogens is 214 g/mol. The quantitative estimate of drug-likeness (QED) is 0.416. The zero-order valence-corrected chi connectivity index (χ0v) is 10.0. The van der Waals surface area contributed by atoms with E-state index in [1.54, 1.807) is 0 Å². The molecule has 0 N–H and O–H groups in total. The Morgan fingerprint density at radius 2 is 2.35 bits per heavy atom. The van der Waals surface area contributed by atoms with Gasteiger partial charge in [0.25, 0.3) is 0 Å². The molecule has 1 saturated carbocycles. The minimum Gasteiger partial charge on any atom is -0.493 e. The second kappa shape index (κ2) is 5.60. The van der Waals surface area contributed by atoms with Crippen LogP contribution in [0.4, 0.5) is 0 Å². The summed E-state index contributed by atoms with van der Waals surface area (Å²) >= 11 is 0. The summed E-state index contributed by atoms with van der Waals surface area (Å²) in [7, 11) is 0. The second-order valence-electron chi connectivity index (χ2n) is 4.64. The molecule has 1 aromatic rings. The van der Waals surface area contributed by atoms with Gasteiger partial charge in [0.1, 0.15) is 5.75 Å². The molecule has 0 aliphatic heterocycles. The van der Waals surface area contributed by atoms with E-state index in [1.165, 1.54) is 12.8 Å². The van der Waals surface area contributed by atoms with Crippen LogP contribution in [0.5, 0.6) is 5.75 Å².